The molecule has 2 heterocycles. The maximum Gasteiger partial charge on any atom is 0.225 e. The minimum Gasteiger partial charge on any atom is -0.382 e. The van der Waals surface area contributed by atoms with Crippen molar-refractivity contribution in [3.63, 3.8) is 0 Å². The molecule has 0 aromatic carbocycles. The van der Waals surface area contributed by atoms with Crippen LogP contribution in [0.2, 0.25) is 19.6 Å². The number of imidazole rings is 1. The lowest BCUT2D eigenvalue weighted by Gasteiger charge is -2.18. The Morgan fingerprint density at radius 3 is 2.29 bits per heavy atom. The SMILES string of the molecule is C[C@H](Cn1cnc2c(N)ncnc21)OCP(C)(=O)OCCCSCCCCCCCCCCCCC#C[Si](C)(C)C. The summed E-state index contributed by atoms with van der Waals surface area (Å²) in [4.78, 5) is 12.5. The van der Waals surface area contributed by atoms with Gasteiger partial charge in [-0.3, -0.25) is 4.57 Å². The Kier molecular flexibility index (Phi) is 17.3. The maximum atomic E-state index is 12.8. The summed E-state index contributed by atoms with van der Waals surface area (Å²) < 4.78 is 26.2. The number of nitrogens with zero attached hydrogens (tertiary/aromatic N) is 4. The summed E-state index contributed by atoms with van der Waals surface area (Å²) in [6.07, 6.45) is 18.5. The molecule has 0 spiro atoms. The van der Waals surface area contributed by atoms with Gasteiger partial charge in [-0.05, 0) is 37.7 Å². The maximum absolute atomic E-state index is 12.8. The smallest absolute Gasteiger partial charge is 0.225 e. The van der Waals surface area contributed by atoms with Crippen LogP contribution in [0.1, 0.15) is 84.0 Å². The molecular formula is C30H54N5O3PSSi. The molecule has 11 heteroatoms. The van der Waals surface area contributed by atoms with Crippen molar-refractivity contribution in [1.29, 1.82) is 0 Å². The highest BCUT2D eigenvalue weighted by Gasteiger charge is 2.19. The van der Waals surface area contributed by atoms with Crippen LogP contribution in [-0.2, 0) is 20.4 Å². The van der Waals surface area contributed by atoms with E-state index in [-0.39, 0.29) is 12.5 Å². The van der Waals surface area contributed by atoms with E-state index in [1.165, 1.54) is 76.3 Å². The summed E-state index contributed by atoms with van der Waals surface area (Å²) in [6, 6.07) is 0. The zero-order valence-electron chi connectivity index (χ0n) is 26.2. The van der Waals surface area contributed by atoms with Crippen LogP contribution in [0, 0.1) is 11.5 Å². The summed E-state index contributed by atoms with van der Waals surface area (Å²) in [6.45, 7) is 11.5. The third-order valence-corrected chi connectivity index (χ3v) is 10.0. The molecule has 8 nitrogen and oxygen atoms in total. The van der Waals surface area contributed by atoms with E-state index in [0.29, 0.717) is 30.1 Å². The van der Waals surface area contributed by atoms with Gasteiger partial charge in [0.15, 0.2) is 11.5 Å². The van der Waals surface area contributed by atoms with Crippen LogP contribution in [-0.4, -0.2) is 64.8 Å². The second kappa shape index (κ2) is 19.7. The minimum absolute atomic E-state index is 0.0963. The predicted octanol–water partition coefficient (Wildman–Crippen LogP) is 7.99. The van der Waals surface area contributed by atoms with E-state index in [2.05, 4.69) is 46.1 Å². The number of thioether (sulfide) groups is 1. The second-order valence-electron chi connectivity index (χ2n) is 12.1. The molecule has 0 aliphatic carbocycles. The molecule has 232 valence electrons. The first-order chi connectivity index (χ1) is 19.6. The molecule has 0 bridgehead atoms. The van der Waals surface area contributed by atoms with Crippen molar-refractivity contribution in [2.45, 2.75) is 116 Å². The van der Waals surface area contributed by atoms with Gasteiger partial charge >= 0.3 is 0 Å². The number of hydrogen-bond donors (Lipinski definition) is 1. The van der Waals surface area contributed by atoms with Gasteiger partial charge in [-0.15, -0.1) is 11.5 Å². The number of ether oxygens (including phenoxy) is 1. The highest BCUT2D eigenvalue weighted by molar-refractivity contribution is 7.99. The monoisotopic (exact) mass is 623 g/mol. The number of hydrogen-bond acceptors (Lipinski definition) is 8. The summed E-state index contributed by atoms with van der Waals surface area (Å²) in [5.74, 6) is 5.98. The van der Waals surface area contributed by atoms with Crippen molar-refractivity contribution in [3.8, 4) is 11.5 Å². The van der Waals surface area contributed by atoms with Crippen LogP contribution < -0.4 is 5.73 Å². The van der Waals surface area contributed by atoms with Gasteiger partial charge in [-0.1, -0.05) is 71.0 Å². The molecule has 41 heavy (non-hydrogen) atoms. The molecule has 0 saturated carbocycles. The summed E-state index contributed by atoms with van der Waals surface area (Å²) in [5.41, 5.74) is 10.5. The Labute approximate surface area is 254 Å². The van der Waals surface area contributed by atoms with Crippen molar-refractivity contribution in [2.75, 3.05) is 36.9 Å². The molecule has 0 fully saturated rings. The van der Waals surface area contributed by atoms with Gasteiger partial charge in [0.2, 0.25) is 7.37 Å². The van der Waals surface area contributed by atoms with Gasteiger partial charge in [0.1, 0.15) is 26.3 Å². The molecule has 0 aliphatic heterocycles. The Morgan fingerprint density at radius 1 is 0.976 bits per heavy atom. The molecule has 0 saturated heterocycles. The van der Waals surface area contributed by atoms with Crippen LogP contribution in [0.3, 0.4) is 0 Å². The molecule has 0 aliphatic rings. The number of unbranched alkanes of at least 4 members (excludes halogenated alkanes) is 10. The van der Waals surface area contributed by atoms with E-state index >= 15 is 0 Å². The molecule has 2 aromatic rings. The van der Waals surface area contributed by atoms with Gasteiger partial charge in [0.25, 0.3) is 0 Å². The predicted molar refractivity (Wildman–Crippen MR) is 178 cm³/mol. The van der Waals surface area contributed by atoms with Gasteiger partial charge in [-0.2, -0.15) is 11.8 Å². The average molecular weight is 624 g/mol. The molecule has 0 amide bonds. The van der Waals surface area contributed by atoms with Crippen molar-refractivity contribution in [3.05, 3.63) is 12.7 Å². The van der Waals surface area contributed by atoms with E-state index < -0.39 is 15.4 Å². The van der Waals surface area contributed by atoms with Crippen LogP contribution in [0.25, 0.3) is 11.2 Å². The highest BCUT2D eigenvalue weighted by atomic mass is 32.2. The minimum atomic E-state index is -2.80. The molecule has 2 atom stereocenters. The fourth-order valence-corrected chi connectivity index (χ4v) is 7.05. The lowest BCUT2D eigenvalue weighted by molar-refractivity contribution is 0.0801. The Hall–Kier alpha value is -1.37. The van der Waals surface area contributed by atoms with Gasteiger partial charge in [0.05, 0.1) is 25.6 Å². The van der Waals surface area contributed by atoms with Crippen LogP contribution >= 0.6 is 19.1 Å². The number of fused-ring (bicyclic) bond motifs is 1. The topological polar surface area (TPSA) is 105 Å². The summed E-state index contributed by atoms with van der Waals surface area (Å²) in [5, 5.41) is 0. The zero-order chi connectivity index (χ0) is 30.0. The average Bonchev–Trinajstić information content (AvgIpc) is 3.32. The number of aromatic nitrogens is 4. The molecular weight excluding hydrogens is 569 g/mol. The quantitative estimate of drug-likeness (QED) is 0.0609. The fourth-order valence-electron chi connectivity index (χ4n) is 4.34. The second-order valence-corrected chi connectivity index (χ2v) is 20.6. The molecule has 2 aromatic heterocycles. The van der Waals surface area contributed by atoms with E-state index in [9.17, 15) is 4.57 Å². The first kappa shape index (κ1) is 35.8. The van der Waals surface area contributed by atoms with Gasteiger partial charge in [-0.25, -0.2) is 15.0 Å². The Bertz CT molecular complexity index is 1110. The van der Waals surface area contributed by atoms with E-state index in [4.69, 9.17) is 15.0 Å². The molecule has 2 N–H and O–H groups in total. The number of rotatable bonds is 22. The van der Waals surface area contributed by atoms with E-state index in [0.717, 1.165) is 18.6 Å². The number of anilines is 1. The lowest BCUT2D eigenvalue weighted by Crippen LogP contribution is -2.17. The number of nitrogen functional groups attached to an aromatic ring is 1. The normalized spacial score (nSPS) is 14.1. The van der Waals surface area contributed by atoms with Crippen molar-refractivity contribution in [1.82, 2.24) is 19.5 Å². The van der Waals surface area contributed by atoms with Crippen molar-refractivity contribution < 1.29 is 13.8 Å². The standard InChI is InChI=1S/C30H54N5O3PSSi/c1-27(23-35-25-34-28-29(31)32-24-33-30(28)35)37-26-39(2,36)38-19-18-21-40-20-16-14-12-10-8-6-7-9-11-13-15-17-22-41(3,4)5/h24-25,27H,6-16,18-21,23,26H2,1-5H3,(H2,31,32,33)/t27-,39?/m1/s1. The van der Waals surface area contributed by atoms with Crippen molar-refractivity contribution >= 4 is 44.2 Å². The molecule has 2 rings (SSSR count). The zero-order valence-corrected chi connectivity index (χ0v) is 28.9. The first-order valence-electron chi connectivity index (χ1n) is 15.4. The van der Waals surface area contributed by atoms with Crippen molar-refractivity contribution in [2.24, 2.45) is 0 Å². The number of nitrogens with two attached hydrogens (primary N) is 1. The highest BCUT2D eigenvalue weighted by Crippen LogP contribution is 2.42. The summed E-state index contributed by atoms with van der Waals surface area (Å²) >= 11 is 1.97. The van der Waals surface area contributed by atoms with Gasteiger partial charge in [0, 0.05) is 13.1 Å². The third kappa shape index (κ3) is 16.7. The van der Waals surface area contributed by atoms with E-state index in [1.54, 1.807) is 13.0 Å². The fraction of sp³-hybridized carbons (Fsp3) is 0.767. The lowest BCUT2D eigenvalue weighted by atomic mass is 10.1. The van der Waals surface area contributed by atoms with E-state index in [1.807, 2.05) is 23.3 Å². The first-order valence-corrected chi connectivity index (χ1v) is 22.3. The summed E-state index contributed by atoms with van der Waals surface area (Å²) in [7, 11) is -3.98. The Morgan fingerprint density at radius 2 is 1.61 bits per heavy atom. The third-order valence-electron chi connectivity index (χ3n) is 6.58. The molecule has 0 radical (unpaired) electrons. The van der Waals surface area contributed by atoms with Gasteiger partial charge < -0.3 is 19.6 Å². The molecule has 1 unspecified atom stereocenters. The largest absolute Gasteiger partial charge is 0.382 e. The van der Waals surface area contributed by atoms with Crippen LogP contribution in [0.15, 0.2) is 12.7 Å². The Balaban J connectivity index is 1.37. The van der Waals surface area contributed by atoms with Crippen LogP contribution in [0.5, 0.6) is 0 Å². The van der Waals surface area contributed by atoms with Crippen LogP contribution in [0.4, 0.5) is 5.82 Å².